The van der Waals surface area contributed by atoms with E-state index >= 15 is 0 Å². The Bertz CT molecular complexity index is 178. The number of nitrogens with two attached hydrogens (primary N) is 1. The van der Waals surface area contributed by atoms with Gasteiger partial charge in [0.1, 0.15) is 6.04 Å². The van der Waals surface area contributed by atoms with Crippen LogP contribution in [0, 0.1) is 0 Å². The zero-order valence-electron chi connectivity index (χ0n) is 7.11. The van der Waals surface area contributed by atoms with Crippen molar-refractivity contribution in [2.24, 2.45) is 5.73 Å². The maximum atomic E-state index is 10.9. The number of carboxylic acids is 1. The molecule has 0 aromatic heterocycles. The standard InChI is InChI=1S/C7H13NO4/c1-4(2)12-7(11)5(8)3-6(9)10/h4-5H,3,8H2,1-2H3,(H,9,10). The maximum absolute atomic E-state index is 10.9. The summed E-state index contributed by atoms with van der Waals surface area (Å²) in [5.41, 5.74) is 5.21. The van der Waals surface area contributed by atoms with E-state index in [-0.39, 0.29) is 6.10 Å². The Morgan fingerprint density at radius 1 is 1.50 bits per heavy atom. The lowest BCUT2D eigenvalue weighted by Gasteiger charge is -2.11. The lowest BCUT2D eigenvalue weighted by atomic mass is 10.2. The average molecular weight is 175 g/mol. The van der Waals surface area contributed by atoms with Crippen LogP contribution in [-0.4, -0.2) is 29.2 Å². The third-order valence-corrected chi connectivity index (χ3v) is 1.05. The van der Waals surface area contributed by atoms with Crippen LogP contribution < -0.4 is 5.73 Å². The van der Waals surface area contributed by atoms with Crippen LogP contribution in [0.3, 0.4) is 0 Å². The highest BCUT2D eigenvalue weighted by molar-refractivity contribution is 5.81. The summed E-state index contributed by atoms with van der Waals surface area (Å²) in [4.78, 5) is 21.0. The number of carbonyl (C=O) groups excluding carboxylic acids is 1. The van der Waals surface area contributed by atoms with Gasteiger partial charge in [-0.25, -0.2) is 0 Å². The molecule has 3 N–H and O–H groups in total. The molecule has 0 aromatic carbocycles. The van der Waals surface area contributed by atoms with Crippen molar-refractivity contribution in [2.75, 3.05) is 0 Å². The number of hydrogen-bond donors (Lipinski definition) is 2. The van der Waals surface area contributed by atoms with Crippen molar-refractivity contribution >= 4 is 11.9 Å². The molecule has 0 radical (unpaired) electrons. The minimum atomic E-state index is -1.11. The quantitative estimate of drug-likeness (QED) is 0.574. The largest absolute Gasteiger partial charge is 0.481 e. The Balaban J connectivity index is 3.85. The summed E-state index contributed by atoms with van der Waals surface area (Å²) < 4.78 is 4.69. The molecule has 0 fully saturated rings. The topological polar surface area (TPSA) is 89.6 Å². The fraction of sp³-hybridized carbons (Fsp3) is 0.714. The molecule has 0 saturated carbocycles. The first-order valence-corrected chi connectivity index (χ1v) is 3.61. The van der Waals surface area contributed by atoms with Crippen LogP contribution in [0.2, 0.25) is 0 Å². The average Bonchev–Trinajstić information content (AvgIpc) is 1.84. The van der Waals surface area contributed by atoms with Gasteiger partial charge in [0.25, 0.3) is 0 Å². The maximum Gasteiger partial charge on any atom is 0.323 e. The number of ether oxygens (including phenoxy) is 1. The second kappa shape index (κ2) is 4.71. The number of carbonyl (C=O) groups is 2. The molecule has 0 saturated heterocycles. The van der Waals surface area contributed by atoms with Gasteiger partial charge in [0.05, 0.1) is 12.5 Å². The van der Waals surface area contributed by atoms with E-state index in [9.17, 15) is 9.59 Å². The molecule has 5 heteroatoms. The van der Waals surface area contributed by atoms with Crippen LogP contribution in [0.15, 0.2) is 0 Å². The van der Waals surface area contributed by atoms with E-state index in [4.69, 9.17) is 10.8 Å². The second-order valence-electron chi connectivity index (χ2n) is 2.69. The van der Waals surface area contributed by atoms with Crippen molar-refractivity contribution in [1.29, 1.82) is 0 Å². The lowest BCUT2D eigenvalue weighted by Crippen LogP contribution is -2.35. The molecular formula is C7H13NO4. The summed E-state index contributed by atoms with van der Waals surface area (Å²) in [6, 6.07) is -1.06. The van der Waals surface area contributed by atoms with Crippen molar-refractivity contribution < 1.29 is 19.4 Å². The molecular weight excluding hydrogens is 162 g/mol. The summed E-state index contributed by atoms with van der Waals surface area (Å²) in [6.45, 7) is 3.34. The van der Waals surface area contributed by atoms with Gasteiger partial charge in [-0.05, 0) is 13.8 Å². The second-order valence-corrected chi connectivity index (χ2v) is 2.69. The number of rotatable bonds is 4. The summed E-state index contributed by atoms with van der Waals surface area (Å²) >= 11 is 0. The summed E-state index contributed by atoms with van der Waals surface area (Å²) in [7, 11) is 0. The van der Waals surface area contributed by atoms with Crippen molar-refractivity contribution in [3.05, 3.63) is 0 Å². The predicted octanol–water partition coefficient (Wildman–Crippen LogP) is -0.260. The van der Waals surface area contributed by atoms with Crippen LogP contribution in [0.4, 0.5) is 0 Å². The highest BCUT2D eigenvalue weighted by Crippen LogP contribution is 1.96. The Morgan fingerprint density at radius 2 is 2.00 bits per heavy atom. The van der Waals surface area contributed by atoms with Crippen LogP contribution in [0.25, 0.3) is 0 Å². The van der Waals surface area contributed by atoms with E-state index < -0.39 is 24.4 Å². The van der Waals surface area contributed by atoms with Crippen LogP contribution in [0.1, 0.15) is 20.3 Å². The fourth-order valence-electron chi connectivity index (χ4n) is 0.591. The van der Waals surface area contributed by atoms with Crippen molar-refractivity contribution in [2.45, 2.75) is 32.4 Å². The van der Waals surface area contributed by atoms with Gasteiger partial charge in [-0.1, -0.05) is 0 Å². The minimum absolute atomic E-state index is 0.266. The van der Waals surface area contributed by atoms with Gasteiger partial charge < -0.3 is 15.6 Å². The van der Waals surface area contributed by atoms with Crippen LogP contribution >= 0.6 is 0 Å². The Morgan fingerprint density at radius 3 is 2.33 bits per heavy atom. The number of esters is 1. The van der Waals surface area contributed by atoms with E-state index in [0.717, 1.165) is 0 Å². The molecule has 0 rings (SSSR count). The molecule has 0 aliphatic heterocycles. The Kier molecular flexibility index (Phi) is 4.28. The van der Waals surface area contributed by atoms with Gasteiger partial charge >= 0.3 is 11.9 Å². The molecule has 0 spiro atoms. The number of aliphatic carboxylic acids is 1. The Labute approximate surface area is 70.5 Å². The molecule has 0 heterocycles. The molecule has 0 aromatic rings. The predicted molar refractivity (Wildman–Crippen MR) is 41.5 cm³/mol. The third kappa shape index (κ3) is 4.68. The SMILES string of the molecule is CC(C)OC(=O)C(N)CC(=O)O. The molecule has 0 aliphatic rings. The molecule has 70 valence electrons. The zero-order valence-corrected chi connectivity index (χ0v) is 7.11. The van der Waals surface area contributed by atoms with Gasteiger partial charge in [0, 0.05) is 0 Å². The van der Waals surface area contributed by atoms with E-state index in [2.05, 4.69) is 4.74 Å². The molecule has 0 aliphatic carbocycles. The lowest BCUT2D eigenvalue weighted by molar-refractivity contribution is -0.152. The normalized spacial score (nSPS) is 12.7. The van der Waals surface area contributed by atoms with Gasteiger partial charge in [0.15, 0.2) is 0 Å². The first kappa shape index (κ1) is 10.9. The molecule has 5 nitrogen and oxygen atoms in total. The molecule has 0 amide bonds. The van der Waals surface area contributed by atoms with E-state index in [0.29, 0.717) is 0 Å². The highest BCUT2D eigenvalue weighted by atomic mass is 16.5. The summed E-state index contributed by atoms with van der Waals surface area (Å²) in [5, 5.41) is 8.28. The monoisotopic (exact) mass is 175 g/mol. The molecule has 1 atom stereocenters. The third-order valence-electron chi connectivity index (χ3n) is 1.05. The first-order valence-electron chi connectivity index (χ1n) is 3.61. The highest BCUT2D eigenvalue weighted by Gasteiger charge is 2.19. The smallest absolute Gasteiger partial charge is 0.323 e. The minimum Gasteiger partial charge on any atom is -0.481 e. The van der Waals surface area contributed by atoms with Crippen LogP contribution in [-0.2, 0) is 14.3 Å². The summed E-state index contributed by atoms with van der Waals surface area (Å²) in [5.74, 6) is -1.78. The number of hydrogen-bond acceptors (Lipinski definition) is 4. The van der Waals surface area contributed by atoms with Gasteiger partial charge in [-0.3, -0.25) is 9.59 Å². The fourth-order valence-corrected chi connectivity index (χ4v) is 0.591. The molecule has 1 unspecified atom stereocenters. The van der Waals surface area contributed by atoms with Gasteiger partial charge in [0.2, 0.25) is 0 Å². The summed E-state index contributed by atoms with van der Waals surface area (Å²) in [6.07, 6.45) is -0.664. The Hall–Kier alpha value is -1.10. The van der Waals surface area contributed by atoms with Crippen molar-refractivity contribution in [3.8, 4) is 0 Å². The zero-order chi connectivity index (χ0) is 9.72. The number of carboxylic acid groups (broad SMARTS) is 1. The van der Waals surface area contributed by atoms with Gasteiger partial charge in [-0.2, -0.15) is 0 Å². The first-order chi connectivity index (χ1) is 5.43. The van der Waals surface area contributed by atoms with Crippen molar-refractivity contribution in [3.63, 3.8) is 0 Å². The molecule has 0 bridgehead atoms. The van der Waals surface area contributed by atoms with E-state index in [1.165, 1.54) is 0 Å². The van der Waals surface area contributed by atoms with E-state index in [1.54, 1.807) is 13.8 Å². The van der Waals surface area contributed by atoms with E-state index in [1.807, 2.05) is 0 Å². The van der Waals surface area contributed by atoms with Gasteiger partial charge in [-0.15, -0.1) is 0 Å². The molecule has 12 heavy (non-hydrogen) atoms. The van der Waals surface area contributed by atoms with Crippen LogP contribution in [0.5, 0.6) is 0 Å². The van der Waals surface area contributed by atoms with Crippen molar-refractivity contribution in [1.82, 2.24) is 0 Å².